The summed E-state index contributed by atoms with van der Waals surface area (Å²) in [6, 6.07) is 10.8. The molecule has 0 aromatic heterocycles. The van der Waals surface area contributed by atoms with Crippen LogP contribution in [0.1, 0.15) is 28.8 Å². The Morgan fingerprint density at radius 2 is 1.86 bits per heavy atom. The minimum Gasteiger partial charge on any atom is -0.507 e. The van der Waals surface area contributed by atoms with Crippen LogP contribution in [0.25, 0.3) is 11.1 Å². The van der Waals surface area contributed by atoms with Crippen molar-refractivity contribution in [1.82, 2.24) is 4.90 Å². The Kier molecular flexibility index (Phi) is 4.08. The average Bonchev–Trinajstić information content (AvgIpc) is 3.01. The number of halogens is 1. The summed E-state index contributed by atoms with van der Waals surface area (Å²) in [5, 5.41) is 10.4. The third-order valence-corrected chi connectivity index (χ3v) is 4.41. The van der Waals surface area contributed by atoms with E-state index in [9.17, 15) is 9.90 Å². The van der Waals surface area contributed by atoms with Gasteiger partial charge in [-0.1, -0.05) is 35.9 Å². The normalized spacial score (nSPS) is 14.4. The van der Waals surface area contributed by atoms with Crippen molar-refractivity contribution in [2.24, 2.45) is 0 Å². The van der Waals surface area contributed by atoms with Gasteiger partial charge in [0.05, 0.1) is 10.6 Å². The number of carbonyl (C=O) groups is 1. The molecule has 3 nitrogen and oxygen atoms in total. The average molecular weight is 316 g/mol. The van der Waals surface area contributed by atoms with Crippen LogP contribution in [-0.2, 0) is 0 Å². The summed E-state index contributed by atoms with van der Waals surface area (Å²) in [7, 11) is 0. The lowest BCUT2D eigenvalue weighted by Crippen LogP contribution is -2.28. The van der Waals surface area contributed by atoms with E-state index < -0.39 is 0 Å². The van der Waals surface area contributed by atoms with Crippen molar-refractivity contribution in [3.05, 3.63) is 52.5 Å². The van der Waals surface area contributed by atoms with Crippen LogP contribution < -0.4 is 0 Å². The van der Waals surface area contributed by atoms with Gasteiger partial charge >= 0.3 is 0 Å². The minimum absolute atomic E-state index is 0.00355. The predicted octanol–water partition coefficient (Wildman–Crippen LogP) is 4.26. The second kappa shape index (κ2) is 6.01. The predicted molar refractivity (Wildman–Crippen MR) is 88.4 cm³/mol. The molecule has 0 saturated carbocycles. The van der Waals surface area contributed by atoms with E-state index in [1.54, 1.807) is 18.2 Å². The first-order valence-electron chi connectivity index (χ1n) is 7.45. The number of hydrogen-bond acceptors (Lipinski definition) is 2. The first-order chi connectivity index (χ1) is 10.6. The molecule has 0 bridgehead atoms. The van der Waals surface area contributed by atoms with Crippen molar-refractivity contribution in [1.29, 1.82) is 0 Å². The molecule has 114 valence electrons. The zero-order valence-electron chi connectivity index (χ0n) is 12.5. The smallest absolute Gasteiger partial charge is 0.255 e. The van der Waals surface area contributed by atoms with Crippen LogP contribution in [0.4, 0.5) is 0 Å². The monoisotopic (exact) mass is 315 g/mol. The zero-order chi connectivity index (χ0) is 15.7. The number of rotatable bonds is 2. The number of aromatic hydroxyl groups is 1. The Morgan fingerprint density at radius 1 is 1.18 bits per heavy atom. The third-order valence-electron chi connectivity index (χ3n) is 4.11. The van der Waals surface area contributed by atoms with Crippen LogP contribution in [0, 0.1) is 6.92 Å². The molecule has 1 fully saturated rings. The van der Waals surface area contributed by atoms with Crippen LogP contribution in [0.3, 0.4) is 0 Å². The number of aryl methyl sites for hydroxylation is 1. The van der Waals surface area contributed by atoms with Gasteiger partial charge in [-0.3, -0.25) is 4.79 Å². The van der Waals surface area contributed by atoms with E-state index >= 15 is 0 Å². The van der Waals surface area contributed by atoms with Gasteiger partial charge in [-0.25, -0.2) is 0 Å². The van der Waals surface area contributed by atoms with Crippen molar-refractivity contribution < 1.29 is 9.90 Å². The first kappa shape index (κ1) is 14.9. The van der Waals surface area contributed by atoms with Gasteiger partial charge in [-0.15, -0.1) is 0 Å². The van der Waals surface area contributed by atoms with E-state index in [2.05, 4.69) is 0 Å². The summed E-state index contributed by atoms with van der Waals surface area (Å²) in [5.41, 5.74) is 2.94. The summed E-state index contributed by atoms with van der Waals surface area (Å²) < 4.78 is 0. The maximum absolute atomic E-state index is 12.6. The topological polar surface area (TPSA) is 40.5 Å². The highest BCUT2D eigenvalue weighted by molar-refractivity contribution is 6.34. The van der Waals surface area contributed by atoms with E-state index in [1.807, 2.05) is 30.0 Å². The number of likely N-dealkylation sites (tertiary alicyclic amines) is 1. The number of nitrogens with zero attached hydrogens (tertiary/aromatic N) is 1. The summed E-state index contributed by atoms with van der Waals surface area (Å²) in [6.45, 7) is 3.49. The van der Waals surface area contributed by atoms with Gasteiger partial charge in [0.15, 0.2) is 0 Å². The van der Waals surface area contributed by atoms with Gasteiger partial charge in [-0.2, -0.15) is 0 Å². The quantitative estimate of drug-likeness (QED) is 0.899. The van der Waals surface area contributed by atoms with Gasteiger partial charge in [0.2, 0.25) is 0 Å². The highest BCUT2D eigenvalue weighted by Gasteiger charge is 2.23. The van der Waals surface area contributed by atoms with Gasteiger partial charge in [0.1, 0.15) is 5.75 Å². The molecule has 1 aliphatic rings. The highest BCUT2D eigenvalue weighted by atomic mass is 35.5. The van der Waals surface area contributed by atoms with Crippen LogP contribution in [-0.4, -0.2) is 29.0 Å². The zero-order valence-corrected chi connectivity index (χ0v) is 13.2. The number of phenols is 1. The van der Waals surface area contributed by atoms with Crippen molar-refractivity contribution in [3.63, 3.8) is 0 Å². The SMILES string of the molecule is Cc1cc(-c2ccccc2O)cc(Cl)c1C(=O)N1CCCC1. The lowest BCUT2D eigenvalue weighted by Gasteiger charge is -2.18. The molecule has 0 atom stereocenters. The molecule has 0 spiro atoms. The molecule has 1 N–H and O–H groups in total. The molecule has 4 heteroatoms. The summed E-state index contributed by atoms with van der Waals surface area (Å²) in [4.78, 5) is 14.5. The van der Waals surface area contributed by atoms with E-state index in [4.69, 9.17) is 11.6 Å². The van der Waals surface area contributed by atoms with E-state index in [0.717, 1.165) is 37.1 Å². The van der Waals surface area contributed by atoms with Crippen LogP contribution >= 0.6 is 11.6 Å². The Hall–Kier alpha value is -2.00. The minimum atomic E-state index is 0.00355. The first-order valence-corrected chi connectivity index (χ1v) is 7.83. The van der Waals surface area contributed by atoms with Crippen molar-refractivity contribution >= 4 is 17.5 Å². The molecule has 1 aliphatic heterocycles. The lowest BCUT2D eigenvalue weighted by molar-refractivity contribution is 0.0792. The molecule has 2 aromatic carbocycles. The molecule has 0 unspecified atom stereocenters. The summed E-state index contributed by atoms with van der Waals surface area (Å²) in [5.74, 6) is 0.209. The van der Waals surface area contributed by atoms with Crippen molar-refractivity contribution in [3.8, 4) is 16.9 Å². The van der Waals surface area contributed by atoms with Crippen LogP contribution in [0.5, 0.6) is 5.75 Å². The molecule has 1 heterocycles. The van der Waals surface area contributed by atoms with Gasteiger partial charge in [0.25, 0.3) is 5.91 Å². The standard InChI is InChI=1S/C18H18ClNO2/c1-12-10-13(14-6-2-3-7-16(14)21)11-15(19)17(12)18(22)20-8-4-5-9-20/h2-3,6-7,10-11,21H,4-5,8-9H2,1H3. The number of benzene rings is 2. The fourth-order valence-corrected chi connectivity index (χ4v) is 3.31. The number of amides is 1. The Balaban J connectivity index is 2.02. The van der Waals surface area contributed by atoms with Crippen molar-refractivity contribution in [2.45, 2.75) is 19.8 Å². The molecule has 1 saturated heterocycles. The molecule has 3 rings (SSSR count). The largest absolute Gasteiger partial charge is 0.507 e. The van der Waals surface area contributed by atoms with Gasteiger partial charge < -0.3 is 10.0 Å². The number of phenolic OH excluding ortho intramolecular Hbond substituents is 1. The van der Waals surface area contributed by atoms with Crippen LogP contribution in [0.15, 0.2) is 36.4 Å². The molecule has 22 heavy (non-hydrogen) atoms. The van der Waals surface area contributed by atoms with Crippen molar-refractivity contribution in [2.75, 3.05) is 13.1 Å². The van der Waals surface area contributed by atoms with E-state index in [1.165, 1.54) is 0 Å². The van der Waals surface area contributed by atoms with E-state index in [0.29, 0.717) is 16.1 Å². The second-order valence-corrected chi connectivity index (χ2v) is 6.07. The summed E-state index contributed by atoms with van der Waals surface area (Å²) >= 11 is 6.38. The molecule has 0 radical (unpaired) electrons. The lowest BCUT2D eigenvalue weighted by atomic mass is 9.98. The highest BCUT2D eigenvalue weighted by Crippen LogP contribution is 2.34. The molecular weight excluding hydrogens is 298 g/mol. The molecule has 1 amide bonds. The maximum atomic E-state index is 12.6. The van der Waals surface area contributed by atoms with Gasteiger partial charge in [-0.05, 0) is 43.0 Å². The molecule has 0 aliphatic carbocycles. The Labute approximate surface area is 135 Å². The maximum Gasteiger partial charge on any atom is 0.255 e. The fraction of sp³-hybridized carbons (Fsp3) is 0.278. The second-order valence-electron chi connectivity index (χ2n) is 5.67. The fourth-order valence-electron chi connectivity index (χ4n) is 2.97. The van der Waals surface area contributed by atoms with E-state index in [-0.39, 0.29) is 11.7 Å². The van der Waals surface area contributed by atoms with Crippen LogP contribution in [0.2, 0.25) is 5.02 Å². The van der Waals surface area contributed by atoms with Gasteiger partial charge in [0, 0.05) is 18.7 Å². The molecular formula is C18H18ClNO2. The third kappa shape index (κ3) is 2.69. The number of hydrogen-bond donors (Lipinski definition) is 1. The molecule has 2 aromatic rings. The Bertz CT molecular complexity index is 698. The Morgan fingerprint density at radius 3 is 2.50 bits per heavy atom. The number of para-hydroxylation sites is 1. The summed E-state index contributed by atoms with van der Waals surface area (Å²) in [6.07, 6.45) is 2.11. The number of carbonyl (C=O) groups excluding carboxylic acids is 1.